The van der Waals surface area contributed by atoms with Crippen molar-refractivity contribution >= 4 is 0 Å². The van der Waals surface area contributed by atoms with E-state index in [4.69, 9.17) is 4.74 Å². The van der Waals surface area contributed by atoms with Crippen LogP contribution in [-0.4, -0.2) is 18.8 Å². The molecular weight excluding hydrogens is 212 g/mol. The second kappa shape index (κ2) is 5.09. The van der Waals surface area contributed by atoms with E-state index in [1.54, 1.807) is 7.11 Å². The van der Waals surface area contributed by atoms with Crippen LogP contribution >= 0.6 is 0 Å². The average Bonchev–Trinajstić information content (AvgIpc) is 2.33. The smallest absolute Gasteiger partial charge is 0.122 e. The van der Waals surface area contributed by atoms with E-state index in [0.717, 1.165) is 31.4 Å². The lowest BCUT2D eigenvalue weighted by atomic mass is 9.66. The highest BCUT2D eigenvalue weighted by molar-refractivity contribution is 5.38. The Balaban J connectivity index is 2.23. The Hall–Kier alpha value is -1.02. The SMILES string of the molecule is CCc1ccc(OC)c(CC2(CO)CCC2)c1. The van der Waals surface area contributed by atoms with Crippen molar-refractivity contribution in [1.82, 2.24) is 0 Å². The lowest BCUT2D eigenvalue weighted by Gasteiger charge is -2.40. The van der Waals surface area contributed by atoms with E-state index in [1.165, 1.54) is 17.5 Å². The van der Waals surface area contributed by atoms with Crippen LogP contribution in [0.15, 0.2) is 18.2 Å². The summed E-state index contributed by atoms with van der Waals surface area (Å²) in [5, 5.41) is 9.55. The summed E-state index contributed by atoms with van der Waals surface area (Å²) in [5.74, 6) is 0.960. The number of rotatable bonds is 5. The molecule has 0 unspecified atom stereocenters. The molecule has 1 aromatic carbocycles. The van der Waals surface area contributed by atoms with Crippen molar-refractivity contribution < 1.29 is 9.84 Å². The van der Waals surface area contributed by atoms with Crippen molar-refractivity contribution in [2.75, 3.05) is 13.7 Å². The third-order valence-electron chi connectivity index (χ3n) is 4.07. The number of aliphatic hydroxyl groups excluding tert-OH is 1. The summed E-state index contributed by atoms with van der Waals surface area (Å²) < 4.78 is 5.42. The Morgan fingerprint density at radius 3 is 2.59 bits per heavy atom. The van der Waals surface area contributed by atoms with Gasteiger partial charge in [0.1, 0.15) is 5.75 Å². The normalized spacial score (nSPS) is 17.6. The van der Waals surface area contributed by atoms with E-state index < -0.39 is 0 Å². The van der Waals surface area contributed by atoms with Crippen LogP contribution in [0.25, 0.3) is 0 Å². The Kier molecular flexibility index (Phi) is 3.72. The van der Waals surface area contributed by atoms with E-state index in [9.17, 15) is 5.11 Å². The number of aryl methyl sites for hydroxylation is 1. The molecule has 1 saturated carbocycles. The molecule has 1 N–H and O–H groups in total. The van der Waals surface area contributed by atoms with Crippen molar-refractivity contribution in [3.8, 4) is 5.75 Å². The van der Waals surface area contributed by atoms with Crippen molar-refractivity contribution in [2.45, 2.75) is 39.0 Å². The summed E-state index contributed by atoms with van der Waals surface area (Å²) in [7, 11) is 1.72. The molecule has 0 spiro atoms. The van der Waals surface area contributed by atoms with E-state index in [1.807, 2.05) is 0 Å². The molecule has 1 aliphatic carbocycles. The Morgan fingerprint density at radius 2 is 2.12 bits per heavy atom. The molecule has 0 aliphatic heterocycles. The van der Waals surface area contributed by atoms with Gasteiger partial charge in [-0.15, -0.1) is 0 Å². The molecule has 0 heterocycles. The second-order valence-corrected chi connectivity index (χ2v) is 5.19. The minimum absolute atomic E-state index is 0.125. The zero-order valence-electron chi connectivity index (χ0n) is 10.8. The monoisotopic (exact) mass is 234 g/mol. The first-order valence-electron chi connectivity index (χ1n) is 6.50. The number of hydrogen-bond donors (Lipinski definition) is 1. The highest BCUT2D eigenvalue weighted by Crippen LogP contribution is 2.44. The zero-order valence-corrected chi connectivity index (χ0v) is 10.8. The van der Waals surface area contributed by atoms with E-state index in [2.05, 4.69) is 25.1 Å². The van der Waals surface area contributed by atoms with Crippen LogP contribution in [0.3, 0.4) is 0 Å². The molecule has 1 aliphatic rings. The van der Waals surface area contributed by atoms with E-state index in [-0.39, 0.29) is 5.41 Å². The number of hydrogen-bond acceptors (Lipinski definition) is 2. The average molecular weight is 234 g/mol. The molecule has 2 heteroatoms. The van der Waals surface area contributed by atoms with Gasteiger partial charge in [-0.05, 0) is 48.3 Å². The predicted molar refractivity (Wildman–Crippen MR) is 69.4 cm³/mol. The van der Waals surface area contributed by atoms with Crippen LogP contribution in [0.4, 0.5) is 0 Å². The van der Waals surface area contributed by atoms with Crippen LogP contribution in [-0.2, 0) is 12.8 Å². The molecule has 0 saturated heterocycles. The Labute approximate surface area is 104 Å². The number of aliphatic hydroxyl groups is 1. The van der Waals surface area contributed by atoms with Crippen molar-refractivity contribution in [2.24, 2.45) is 5.41 Å². The van der Waals surface area contributed by atoms with Gasteiger partial charge >= 0.3 is 0 Å². The summed E-state index contributed by atoms with van der Waals surface area (Å²) >= 11 is 0. The van der Waals surface area contributed by atoms with Crippen LogP contribution in [0.1, 0.15) is 37.3 Å². The second-order valence-electron chi connectivity index (χ2n) is 5.19. The highest BCUT2D eigenvalue weighted by atomic mass is 16.5. The first-order valence-corrected chi connectivity index (χ1v) is 6.50. The molecule has 2 nitrogen and oxygen atoms in total. The van der Waals surface area contributed by atoms with Crippen LogP contribution in [0.5, 0.6) is 5.75 Å². The predicted octanol–water partition coefficient (Wildman–Crippen LogP) is 2.96. The van der Waals surface area contributed by atoms with Crippen molar-refractivity contribution in [3.05, 3.63) is 29.3 Å². The molecule has 2 rings (SSSR count). The Bertz CT molecular complexity index is 375. The number of ether oxygens (including phenoxy) is 1. The third-order valence-corrected chi connectivity index (χ3v) is 4.07. The van der Waals surface area contributed by atoms with Crippen LogP contribution in [0.2, 0.25) is 0 Å². The standard InChI is InChI=1S/C15H22O2/c1-3-12-5-6-14(17-2)13(9-12)10-15(11-16)7-4-8-15/h5-6,9,16H,3-4,7-8,10-11H2,1-2H3. The number of methoxy groups -OCH3 is 1. The summed E-state index contributed by atoms with van der Waals surface area (Å²) in [6, 6.07) is 6.40. The maximum absolute atomic E-state index is 9.55. The van der Waals surface area contributed by atoms with Gasteiger partial charge in [-0.2, -0.15) is 0 Å². The van der Waals surface area contributed by atoms with Gasteiger partial charge in [0.05, 0.1) is 7.11 Å². The first kappa shape index (κ1) is 12.4. The molecule has 0 atom stereocenters. The quantitative estimate of drug-likeness (QED) is 0.848. The van der Waals surface area contributed by atoms with Gasteiger partial charge in [-0.3, -0.25) is 0 Å². The van der Waals surface area contributed by atoms with Gasteiger partial charge in [0.2, 0.25) is 0 Å². The van der Waals surface area contributed by atoms with Gasteiger partial charge in [-0.25, -0.2) is 0 Å². The molecule has 0 amide bonds. The maximum Gasteiger partial charge on any atom is 0.122 e. The fraction of sp³-hybridized carbons (Fsp3) is 0.600. The van der Waals surface area contributed by atoms with Crippen LogP contribution in [0, 0.1) is 5.41 Å². The molecular formula is C15H22O2. The molecule has 0 aromatic heterocycles. The third kappa shape index (κ3) is 2.47. The Morgan fingerprint density at radius 1 is 1.35 bits per heavy atom. The van der Waals surface area contributed by atoms with Crippen LogP contribution < -0.4 is 4.74 Å². The minimum atomic E-state index is 0.125. The lowest BCUT2D eigenvalue weighted by molar-refractivity contribution is 0.0445. The minimum Gasteiger partial charge on any atom is -0.496 e. The van der Waals surface area contributed by atoms with Gasteiger partial charge in [0.15, 0.2) is 0 Å². The molecule has 0 radical (unpaired) electrons. The van der Waals surface area contributed by atoms with Gasteiger partial charge in [0.25, 0.3) is 0 Å². The maximum atomic E-state index is 9.55. The van der Waals surface area contributed by atoms with Gasteiger partial charge in [0, 0.05) is 6.61 Å². The van der Waals surface area contributed by atoms with E-state index in [0.29, 0.717) is 6.61 Å². The van der Waals surface area contributed by atoms with Gasteiger partial charge in [-0.1, -0.05) is 25.5 Å². The highest BCUT2D eigenvalue weighted by Gasteiger charge is 2.36. The molecule has 17 heavy (non-hydrogen) atoms. The zero-order chi connectivity index (χ0) is 12.3. The summed E-state index contributed by atoms with van der Waals surface area (Å²) in [6.07, 6.45) is 5.52. The molecule has 0 bridgehead atoms. The molecule has 1 fully saturated rings. The topological polar surface area (TPSA) is 29.5 Å². The van der Waals surface area contributed by atoms with Crippen molar-refractivity contribution in [3.63, 3.8) is 0 Å². The molecule has 94 valence electrons. The first-order chi connectivity index (χ1) is 8.23. The summed E-state index contributed by atoms with van der Waals surface area (Å²) in [6.45, 7) is 2.46. The van der Waals surface area contributed by atoms with E-state index >= 15 is 0 Å². The summed E-state index contributed by atoms with van der Waals surface area (Å²) in [5.41, 5.74) is 2.72. The van der Waals surface area contributed by atoms with Crippen molar-refractivity contribution in [1.29, 1.82) is 0 Å². The van der Waals surface area contributed by atoms with Gasteiger partial charge < -0.3 is 9.84 Å². The largest absolute Gasteiger partial charge is 0.496 e. The fourth-order valence-corrected chi connectivity index (χ4v) is 2.66. The number of benzene rings is 1. The lowest BCUT2D eigenvalue weighted by Crippen LogP contribution is -2.35. The fourth-order valence-electron chi connectivity index (χ4n) is 2.66. The summed E-state index contributed by atoms with van der Waals surface area (Å²) in [4.78, 5) is 0. The molecule has 1 aromatic rings.